The maximum atomic E-state index is 5.41. The largest absolute Gasteiger partial charge is 0.278 e. The van der Waals surface area contributed by atoms with E-state index >= 15 is 0 Å². The van der Waals surface area contributed by atoms with E-state index in [-0.39, 0.29) is 0 Å². The Bertz CT molecular complexity index is 2710. The highest BCUT2D eigenvalue weighted by molar-refractivity contribution is 6.15. The number of rotatable bonds is 2. The molecule has 3 nitrogen and oxygen atoms in total. The molecule has 0 atom stereocenters. The summed E-state index contributed by atoms with van der Waals surface area (Å²) in [5.41, 5.74) is 8.02. The number of nitrogens with zero attached hydrogens (tertiary/aromatic N) is 3. The van der Waals surface area contributed by atoms with Crippen LogP contribution in [0.5, 0.6) is 0 Å². The van der Waals surface area contributed by atoms with E-state index in [1.54, 1.807) is 0 Å². The number of allylic oxidation sites excluding steroid dienone is 1. The van der Waals surface area contributed by atoms with Gasteiger partial charge in [0.1, 0.15) is 0 Å². The van der Waals surface area contributed by atoms with Crippen LogP contribution in [0.1, 0.15) is 17.5 Å². The van der Waals surface area contributed by atoms with Gasteiger partial charge in [0, 0.05) is 21.7 Å². The molecule has 0 saturated carbocycles. The molecular formula is C42H27N3. The van der Waals surface area contributed by atoms with E-state index < -0.39 is 0 Å². The van der Waals surface area contributed by atoms with Crippen LogP contribution in [0.4, 0.5) is 0 Å². The van der Waals surface area contributed by atoms with Crippen molar-refractivity contribution in [1.29, 1.82) is 0 Å². The van der Waals surface area contributed by atoms with Crippen LogP contribution >= 0.6 is 0 Å². The van der Waals surface area contributed by atoms with E-state index in [0.717, 1.165) is 46.0 Å². The van der Waals surface area contributed by atoms with Crippen LogP contribution in [0.2, 0.25) is 0 Å². The monoisotopic (exact) mass is 573 g/mol. The van der Waals surface area contributed by atoms with Crippen LogP contribution < -0.4 is 0 Å². The van der Waals surface area contributed by atoms with Gasteiger partial charge in [-0.25, -0.2) is 9.97 Å². The van der Waals surface area contributed by atoms with Crippen molar-refractivity contribution in [3.8, 4) is 17.2 Å². The van der Waals surface area contributed by atoms with Crippen molar-refractivity contribution in [1.82, 2.24) is 14.5 Å². The van der Waals surface area contributed by atoms with Gasteiger partial charge in [-0.3, -0.25) is 4.57 Å². The van der Waals surface area contributed by atoms with Crippen molar-refractivity contribution in [2.45, 2.75) is 12.8 Å². The third kappa shape index (κ3) is 3.58. The van der Waals surface area contributed by atoms with Gasteiger partial charge in [-0.2, -0.15) is 0 Å². The second-order valence-corrected chi connectivity index (χ2v) is 12.1. The predicted octanol–water partition coefficient (Wildman–Crippen LogP) is 10.8. The molecule has 0 unspecified atom stereocenters. The maximum Gasteiger partial charge on any atom is 0.235 e. The Labute approximate surface area is 259 Å². The lowest BCUT2D eigenvalue weighted by atomic mass is 9.86. The van der Waals surface area contributed by atoms with Crippen molar-refractivity contribution in [3.63, 3.8) is 0 Å². The SMILES string of the molecule is C1=Cc2c(c3ccc(-c4nc(-n5c6ccccc6c6cc7ccccc7cc65)nc5ccccc45)cc3c3ccccc23)CC1. The summed E-state index contributed by atoms with van der Waals surface area (Å²) in [4.78, 5) is 10.6. The minimum atomic E-state index is 0.686. The summed E-state index contributed by atoms with van der Waals surface area (Å²) in [6.45, 7) is 0. The van der Waals surface area contributed by atoms with Gasteiger partial charge in [0.15, 0.2) is 0 Å². The van der Waals surface area contributed by atoms with Gasteiger partial charge in [-0.15, -0.1) is 0 Å². The third-order valence-electron chi connectivity index (χ3n) is 9.63. The minimum Gasteiger partial charge on any atom is -0.278 e. The van der Waals surface area contributed by atoms with Gasteiger partial charge in [0.2, 0.25) is 5.95 Å². The van der Waals surface area contributed by atoms with Crippen molar-refractivity contribution < 1.29 is 0 Å². The van der Waals surface area contributed by atoms with Crippen LogP contribution in [0.15, 0.2) is 133 Å². The fourth-order valence-electron chi connectivity index (χ4n) is 7.58. The molecule has 0 spiro atoms. The highest BCUT2D eigenvalue weighted by atomic mass is 15.2. The molecule has 0 fully saturated rings. The molecule has 9 aromatic rings. The maximum absolute atomic E-state index is 5.41. The molecule has 0 amide bonds. The van der Waals surface area contributed by atoms with Gasteiger partial charge in [0.25, 0.3) is 0 Å². The highest BCUT2D eigenvalue weighted by Gasteiger charge is 2.19. The Morgan fingerprint density at radius 2 is 1.24 bits per heavy atom. The first-order chi connectivity index (χ1) is 22.3. The number of aryl methyl sites for hydroxylation is 1. The fraction of sp³-hybridized carbons (Fsp3) is 0.0476. The van der Waals surface area contributed by atoms with Crippen LogP contribution in [-0.2, 0) is 6.42 Å². The zero-order chi connectivity index (χ0) is 29.5. The van der Waals surface area contributed by atoms with Gasteiger partial charge in [0.05, 0.1) is 22.2 Å². The number of benzene rings is 7. The molecule has 3 heteroatoms. The molecular weight excluding hydrogens is 546 g/mol. The number of para-hydroxylation sites is 2. The summed E-state index contributed by atoms with van der Waals surface area (Å²) in [5, 5.41) is 11.1. The lowest BCUT2D eigenvalue weighted by Gasteiger charge is -2.19. The topological polar surface area (TPSA) is 30.7 Å². The Morgan fingerprint density at radius 3 is 2.13 bits per heavy atom. The quantitative estimate of drug-likeness (QED) is 0.193. The Hall–Kier alpha value is -5.80. The van der Waals surface area contributed by atoms with Crippen molar-refractivity contribution in [3.05, 3.63) is 145 Å². The molecule has 2 aromatic heterocycles. The van der Waals surface area contributed by atoms with Crippen molar-refractivity contribution >= 4 is 71.1 Å². The molecule has 1 aliphatic carbocycles. The Morgan fingerprint density at radius 1 is 0.511 bits per heavy atom. The molecule has 2 heterocycles. The van der Waals surface area contributed by atoms with Crippen LogP contribution in [0.25, 0.3) is 88.3 Å². The van der Waals surface area contributed by atoms with Crippen LogP contribution in [0, 0.1) is 0 Å². The molecule has 7 aromatic carbocycles. The van der Waals surface area contributed by atoms with Gasteiger partial charge in [-0.1, -0.05) is 109 Å². The van der Waals surface area contributed by atoms with Crippen LogP contribution in [0.3, 0.4) is 0 Å². The van der Waals surface area contributed by atoms with Gasteiger partial charge < -0.3 is 0 Å². The first kappa shape index (κ1) is 24.6. The summed E-state index contributed by atoms with van der Waals surface area (Å²) in [6, 6.07) is 45.9. The summed E-state index contributed by atoms with van der Waals surface area (Å²) < 4.78 is 2.24. The standard InChI is InChI=1S/C42H27N3/c1-2-12-27-25-40-37(23-26(27)11-1)34-17-8-10-20-39(34)45(40)42-43-38-19-9-7-18-35(38)41(44-42)28-21-22-33-31-15-4-3-13-29(31)30-14-5-6-16-32(30)36(33)24-28/h1-3,5-14,16-25H,4,15H2. The summed E-state index contributed by atoms with van der Waals surface area (Å²) >= 11 is 0. The molecule has 210 valence electrons. The van der Waals surface area contributed by atoms with E-state index in [4.69, 9.17) is 9.97 Å². The number of hydrogen-bond acceptors (Lipinski definition) is 2. The average Bonchev–Trinajstić information content (AvgIpc) is 3.43. The molecule has 0 N–H and O–H groups in total. The molecule has 0 bridgehead atoms. The van der Waals surface area contributed by atoms with Crippen molar-refractivity contribution in [2.24, 2.45) is 0 Å². The Balaban J connectivity index is 1.29. The predicted molar refractivity (Wildman–Crippen MR) is 189 cm³/mol. The lowest BCUT2D eigenvalue weighted by molar-refractivity contribution is 1.00. The molecule has 45 heavy (non-hydrogen) atoms. The second kappa shape index (κ2) is 9.35. The third-order valence-corrected chi connectivity index (χ3v) is 9.63. The molecule has 0 radical (unpaired) electrons. The summed E-state index contributed by atoms with van der Waals surface area (Å²) in [7, 11) is 0. The molecule has 0 aliphatic heterocycles. The minimum absolute atomic E-state index is 0.686. The highest BCUT2D eigenvalue weighted by Crippen LogP contribution is 2.40. The number of hydrogen-bond donors (Lipinski definition) is 0. The average molecular weight is 574 g/mol. The Kier molecular flexibility index (Phi) is 5.11. The normalized spacial score (nSPS) is 13.1. The second-order valence-electron chi connectivity index (χ2n) is 12.1. The zero-order valence-corrected chi connectivity index (χ0v) is 24.5. The number of fused-ring (bicyclic) bond motifs is 11. The van der Waals surface area contributed by atoms with Crippen LogP contribution in [-0.4, -0.2) is 14.5 Å². The fourth-order valence-corrected chi connectivity index (χ4v) is 7.58. The smallest absolute Gasteiger partial charge is 0.235 e. The molecule has 1 aliphatic rings. The van der Waals surface area contributed by atoms with Gasteiger partial charge >= 0.3 is 0 Å². The van der Waals surface area contributed by atoms with E-state index in [1.165, 1.54) is 54.2 Å². The first-order valence-electron chi connectivity index (χ1n) is 15.7. The lowest BCUT2D eigenvalue weighted by Crippen LogP contribution is -2.03. The van der Waals surface area contributed by atoms with Gasteiger partial charge in [-0.05, 0) is 86.6 Å². The zero-order valence-electron chi connectivity index (χ0n) is 24.5. The van der Waals surface area contributed by atoms with E-state index in [2.05, 4.69) is 144 Å². The van der Waals surface area contributed by atoms with Crippen molar-refractivity contribution in [2.75, 3.05) is 0 Å². The molecule has 0 saturated heterocycles. The van der Waals surface area contributed by atoms with E-state index in [0.29, 0.717) is 5.95 Å². The summed E-state index contributed by atoms with van der Waals surface area (Å²) in [5.74, 6) is 0.686. The summed E-state index contributed by atoms with van der Waals surface area (Å²) in [6.07, 6.45) is 6.76. The van der Waals surface area contributed by atoms with E-state index in [9.17, 15) is 0 Å². The molecule has 10 rings (SSSR count). The van der Waals surface area contributed by atoms with E-state index in [1.807, 2.05) is 0 Å². The number of aromatic nitrogens is 3. The first-order valence-corrected chi connectivity index (χ1v) is 15.7.